The van der Waals surface area contributed by atoms with Crippen LogP contribution >= 0.6 is 0 Å². The van der Waals surface area contributed by atoms with Gasteiger partial charge >= 0.3 is 5.97 Å². The summed E-state index contributed by atoms with van der Waals surface area (Å²) in [5.41, 5.74) is 0.891. The van der Waals surface area contributed by atoms with Crippen LogP contribution in [0.5, 0.6) is 0 Å². The monoisotopic (exact) mass is 355 g/mol. The lowest BCUT2D eigenvalue weighted by Gasteiger charge is -2.55. The highest BCUT2D eigenvalue weighted by Gasteiger charge is 2.52. The van der Waals surface area contributed by atoms with E-state index in [1.807, 2.05) is 19.9 Å². The quantitative estimate of drug-likeness (QED) is 0.836. The molecule has 1 aliphatic heterocycles. The van der Waals surface area contributed by atoms with E-state index in [0.29, 0.717) is 24.2 Å². The van der Waals surface area contributed by atoms with Crippen LogP contribution in [-0.2, 0) is 14.3 Å². The van der Waals surface area contributed by atoms with Crippen molar-refractivity contribution in [1.29, 1.82) is 0 Å². The van der Waals surface area contributed by atoms with E-state index in [4.69, 9.17) is 4.74 Å². The van der Waals surface area contributed by atoms with Crippen molar-refractivity contribution >= 4 is 11.9 Å². The van der Waals surface area contributed by atoms with E-state index in [-0.39, 0.29) is 30.3 Å². The summed E-state index contributed by atoms with van der Waals surface area (Å²) >= 11 is 0. The van der Waals surface area contributed by atoms with Crippen molar-refractivity contribution in [3.63, 3.8) is 0 Å². The Morgan fingerprint density at radius 3 is 2.50 bits per heavy atom. The fourth-order valence-corrected chi connectivity index (χ4v) is 5.49. The second-order valence-corrected chi connectivity index (χ2v) is 8.93. The number of carbonyl (C=O) groups excluding carboxylic acids is 2. The molecular weight excluding hydrogens is 326 g/mol. The molecule has 1 N–H and O–H groups in total. The smallest absolute Gasteiger partial charge is 0.310 e. The zero-order valence-corrected chi connectivity index (χ0v) is 15.7. The summed E-state index contributed by atoms with van der Waals surface area (Å²) in [6, 6.07) is 10.8. The third kappa shape index (κ3) is 3.26. The summed E-state index contributed by atoms with van der Waals surface area (Å²) in [5, 5.41) is 3.29. The van der Waals surface area contributed by atoms with E-state index >= 15 is 0 Å². The fourth-order valence-electron chi connectivity index (χ4n) is 5.49. The van der Waals surface area contributed by atoms with E-state index in [9.17, 15) is 9.59 Å². The summed E-state index contributed by atoms with van der Waals surface area (Å²) in [5.74, 6) is 1.16. The Hall–Kier alpha value is -1.84. The Kier molecular flexibility index (Phi) is 4.54. The van der Waals surface area contributed by atoms with Crippen molar-refractivity contribution in [2.24, 2.45) is 17.8 Å². The number of carbonyl (C=O) groups is 2. The van der Waals surface area contributed by atoms with Crippen LogP contribution < -0.4 is 5.32 Å². The Morgan fingerprint density at radius 1 is 1.15 bits per heavy atom. The molecule has 1 aromatic carbocycles. The van der Waals surface area contributed by atoms with Gasteiger partial charge in [-0.25, -0.2) is 0 Å². The van der Waals surface area contributed by atoms with Gasteiger partial charge in [-0.3, -0.25) is 9.59 Å². The predicted molar refractivity (Wildman–Crippen MR) is 99.5 cm³/mol. The number of hydrogen-bond donors (Lipinski definition) is 1. The Balaban J connectivity index is 1.44. The SMILES string of the molecule is CC1(C)CC(CC(=O)N[C@H]2C3CCCCC3[C@@H]2c2ccccc2)C(=O)O1. The number of fused-ring (bicyclic) bond motifs is 1. The van der Waals surface area contributed by atoms with E-state index in [0.717, 1.165) is 0 Å². The molecule has 5 atom stereocenters. The molecule has 4 heteroatoms. The number of benzene rings is 1. The lowest BCUT2D eigenvalue weighted by Crippen LogP contribution is -2.59. The first-order valence-corrected chi connectivity index (χ1v) is 10.0. The summed E-state index contributed by atoms with van der Waals surface area (Å²) < 4.78 is 5.36. The molecule has 3 aliphatic rings. The molecule has 1 aromatic rings. The maximum Gasteiger partial charge on any atom is 0.310 e. The summed E-state index contributed by atoms with van der Waals surface area (Å²) in [6.45, 7) is 3.82. The van der Waals surface area contributed by atoms with Gasteiger partial charge in [-0.2, -0.15) is 0 Å². The maximum absolute atomic E-state index is 12.7. The number of ether oxygens (including phenoxy) is 1. The van der Waals surface area contributed by atoms with E-state index < -0.39 is 5.60 Å². The zero-order valence-electron chi connectivity index (χ0n) is 15.7. The van der Waals surface area contributed by atoms with Crippen LogP contribution in [0.15, 0.2) is 30.3 Å². The molecule has 3 fully saturated rings. The molecule has 0 bridgehead atoms. The minimum absolute atomic E-state index is 0.000366. The molecule has 2 aliphatic carbocycles. The number of nitrogens with one attached hydrogen (secondary N) is 1. The van der Waals surface area contributed by atoms with Gasteiger partial charge in [0, 0.05) is 24.8 Å². The Morgan fingerprint density at radius 2 is 1.85 bits per heavy atom. The first kappa shape index (κ1) is 17.6. The van der Waals surface area contributed by atoms with E-state index in [1.165, 1.54) is 31.2 Å². The van der Waals surface area contributed by atoms with Gasteiger partial charge in [0.2, 0.25) is 5.91 Å². The molecule has 0 spiro atoms. The van der Waals surface area contributed by atoms with Gasteiger partial charge in [0.15, 0.2) is 0 Å². The summed E-state index contributed by atoms with van der Waals surface area (Å²) in [4.78, 5) is 24.7. The fraction of sp³-hybridized carbons (Fsp3) is 0.636. The van der Waals surface area contributed by atoms with E-state index in [1.54, 1.807) is 0 Å². The molecule has 1 saturated heterocycles. The standard InChI is InChI=1S/C22H29NO3/c1-22(2)13-15(21(25)26-22)12-18(24)23-20-17-11-7-6-10-16(17)19(20)14-8-4-3-5-9-14/h3-5,8-9,15-17,19-20H,6-7,10-13H2,1-2H3,(H,23,24)/t15?,16?,17?,19-,20-/m0/s1. The second-order valence-electron chi connectivity index (χ2n) is 8.93. The predicted octanol–water partition coefficient (Wildman–Crippen LogP) is 3.81. The molecule has 0 radical (unpaired) electrons. The van der Waals surface area contributed by atoms with Gasteiger partial charge in [-0.1, -0.05) is 43.2 Å². The zero-order chi connectivity index (χ0) is 18.3. The van der Waals surface area contributed by atoms with Crippen LogP contribution in [0.2, 0.25) is 0 Å². The molecule has 1 amide bonds. The van der Waals surface area contributed by atoms with Crippen molar-refractivity contribution in [3.05, 3.63) is 35.9 Å². The average Bonchev–Trinajstić information content (AvgIpc) is 2.85. The largest absolute Gasteiger partial charge is 0.459 e. The number of esters is 1. The minimum atomic E-state index is -0.445. The number of cyclic esters (lactones) is 1. The topological polar surface area (TPSA) is 55.4 Å². The van der Waals surface area contributed by atoms with Gasteiger partial charge in [-0.15, -0.1) is 0 Å². The molecule has 140 valence electrons. The third-order valence-corrected chi connectivity index (χ3v) is 6.58. The van der Waals surface area contributed by atoms with Crippen molar-refractivity contribution in [1.82, 2.24) is 5.32 Å². The number of hydrogen-bond acceptors (Lipinski definition) is 3. The van der Waals surface area contributed by atoms with Gasteiger partial charge in [-0.05, 0) is 44.1 Å². The van der Waals surface area contributed by atoms with Crippen molar-refractivity contribution in [2.75, 3.05) is 0 Å². The van der Waals surface area contributed by atoms with Crippen LogP contribution in [0, 0.1) is 17.8 Å². The Bertz CT molecular complexity index is 684. The number of rotatable bonds is 4. The van der Waals surface area contributed by atoms with Crippen LogP contribution in [0.1, 0.15) is 63.9 Å². The molecule has 2 saturated carbocycles. The van der Waals surface area contributed by atoms with Crippen molar-refractivity contribution in [3.8, 4) is 0 Å². The molecule has 1 heterocycles. The summed E-state index contributed by atoms with van der Waals surface area (Å²) in [6.07, 6.45) is 5.90. The van der Waals surface area contributed by atoms with Crippen LogP contribution in [0.3, 0.4) is 0 Å². The minimum Gasteiger partial charge on any atom is -0.459 e. The molecular formula is C22H29NO3. The number of amides is 1. The highest BCUT2D eigenvalue weighted by atomic mass is 16.6. The van der Waals surface area contributed by atoms with Crippen molar-refractivity contribution < 1.29 is 14.3 Å². The maximum atomic E-state index is 12.7. The molecule has 4 nitrogen and oxygen atoms in total. The average molecular weight is 355 g/mol. The van der Waals surface area contributed by atoms with Crippen LogP contribution in [0.4, 0.5) is 0 Å². The molecule has 0 aromatic heterocycles. The van der Waals surface area contributed by atoms with Crippen molar-refractivity contribution in [2.45, 2.75) is 69.9 Å². The van der Waals surface area contributed by atoms with Crippen LogP contribution in [-0.4, -0.2) is 23.5 Å². The third-order valence-electron chi connectivity index (χ3n) is 6.58. The first-order chi connectivity index (χ1) is 12.4. The Labute approximate surface area is 155 Å². The summed E-state index contributed by atoms with van der Waals surface area (Å²) in [7, 11) is 0. The lowest BCUT2D eigenvalue weighted by molar-refractivity contribution is -0.149. The van der Waals surface area contributed by atoms with Gasteiger partial charge in [0.05, 0.1) is 5.92 Å². The van der Waals surface area contributed by atoms with Gasteiger partial charge in [0.1, 0.15) is 5.60 Å². The van der Waals surface area contributed by atoms with E-state index in [2.05, 4.69) is 29.6 Å². The normalized spacial score (nSPS) is 35.2. The molecule has 26 heavy (non-hydrogen) atoms. The highest BCUT2D eigenvalue weighted by Crippen LogP contribution is 2.54. The lowest BCUT2D eigenvalue weighted by atomic mass is 9.53. The second kappa shape index (κ2) is 6.71. The molecule has 3 unspecified atom stereocenters. The highest BCUT2D eigenvalue weighted by molar-refractivity contribution is 5.84. The first-order valence-electron chi connectivity index (χ1n) is 10.0. The van der Waals surface area contributed by atoms with Gasteiger partial charge < -0.3 is 10.1 Å². The molecule has 4 rings (SSSR count). The van der Waals surface area contributed by atoms with Gasteiger partial charge in [0.25, 0.3) is 0 Å². The van der Waals surface area contributed by atoms with Crippen LogP contribution in [0.25, 0.3) is 0 Å².